The molecule has 0 radical (unpaired) electrons. The maximum absolute atomic E-state index is 12.1. The van der Waals surface area contributed by atoms with Gasteiger partial charge < -0.3 is 5.48 Å². The fourth-order valence-electron chi connectivity index (χ4n) is 2.20. The zero-order chi connectivity index (χ0) is 11.7. The Morgan fingerprint density at radius 3 is 2.33 bits per heavy atom. The second kappa shape index (κ2) is 6.26. The molecular formula is C13H18FNO3. The number of likely N-dealkylation sites (tertiary alicyclic amines) is 1. The smallest absolute Gasteiger partial charge is 0.260 e. The number of nitrogens with zero attached hydrogens (tertiary/aromatic N) is 1. The fraction of sp³-hybridized carbons (Fsp3) is 0.385. The molecule has 1 fully saturated rings. The highest BCUT2D eigenvalue weighted by molar-refractivity contribution is 6.09. The summed E-state index contributed by atoms with van der Waals surface area (Å²) in [7, 11) is 0. The maximum atomic E-state index is 12.1. The number of hydrogen-bond acceptors (Lipinski definition) is 2. The monoisotopic (exact) mass is 255 g/mol. The van der Waals surface area contributed by atoms with Crippen LogP contribution in [0.15, 0.2) is 30.3 Å². The number of carbonyl (C=O) groups excluding carboxylic acids is 2. The van der Waals surface area contributed by atoms with Crippen LogP contribution in [0.25, 0.3) is 0 Å². The van der Waals surface area contributed by atoms with E-state index in [0.717, 1.165) is 6.42 Å². The first kappa shape index (κ1) is 16.2. The first-order chi connectivity index (χ1) is 7.66. The molecule has 0 unspecified atom stereocenters. The molecule has 1 aliphatic heterocycles. The molecule has 1 aliphatic rings. The summed E-state index contributed by atoms with van der Waals surface area (Å²) >= 11 is 0. The summed E-state index contributed by atoms with van der Waals surface area (Å²) in [5, 5.41) is 0. The third-order valence-corrected chi connectivity index (χ3v) is 3.19. The van der Waals surface area contributed by atoms with Crippen molar-refractivity contribution in [1.82, 2.24) is 4.90 Å². The molecule has 5 heteroatoms. The van der Waals surface area contributed by atoms with Crippen LogP contribution in [-0.4, -0.2) is 28.2 Å². The Balaban J connectivity index is 0.00000144. The van der Waals surface area contributed by atoms with Crippen molar-refractivity contribution in [3.8, 4) is 0 Å². The van der Waals surface area contributed by atoms with Crippen LogP contribution in [0.3, 0.4) is 0 Å². The van der Waals surface area contributed by atoms with Crippen LogP contribution in [0, 0.1) is 5.92 Å². The molecule has 0 saturated carbocycles. The minimum absolute atomic E-state index is 0. The normalized spacial score (nSPS) is 21.4. The number of halogens is 1. The van der Waals surface area contributed by atoms with Crippen molar-refractivity contribution in [1.29, 1.82) is 0 Å². The van der Waals surface area contributed by atoms with Gasteiger partial charge in [0, 0.05) is 5.56 Å². The lowest BCUT2D eigenvalue weighted by Gasteiger charge is -2.43. The zero-order valence-corrected chi connectivity index (χ0v) is 10.4. The van der Waals surface area contributed by atoms with Crippen LogP contribution in [-0.2, 0) is 4.79 Å². The lowest BCUT2D eigenvalue weighted by atomic mass is 9.86. The molecule has 1 aromatic carbocycles. The van der Waals surface area contributed by atoms with E-state index in [2.05, 4.69) is 0 Å². The van der Waals surface area contributed by atoms with Crippen molar-refractivity contribution in [2.75, 3.05) is 0 Å². The lowest BCUT2D eigenvalue weighted by molar-refractivity contribution is -0.149. The van der Waals surface area contributed by atoms with Crippen molar-refractivity contribution in [2.45, 2.75) is 26.3 Å². The number of imide groups is 1. The van der Waals surface area contributed by atoms with Gasteiger partial charge in [0.15, 0.2) is 0 Å². The van der Waals surface area contributed by atoms with Crippen molar-refractivity contribution in [2.24, 2.45) is 5.92 Å². The second-order valence-corrected chi connectivity index (χ2v) is 4.14. The second-order valence-electron chi connectivity index (χ2n) is 4.14. The summed E-state index contributed by atoms with van der Waals surface area (Å²) in [6.07, 6.45) is 0.825. The van der Waals surface area contributed by atoms with E-state index in [1.807, 2.05) is 32.0 Å². The van der Waals surface area contributed by atoms with E-state index in [1.54, 1.807) is 12.1 Å². The van der Waals surface area contributed by atoms with E-state index in [0.29, 0.717) is 5.56 Å². The average molecular weight is 255 g/mol. The molecular weight excluding hydrogens is 237 g/mol. The highest BCUT2D eigenvalue weighted by Crippen LogP contribution is 2.30. The van der Waals surface area contributed by atoms with Gasteiger partial charge in [-0.25, -0.2) is 0 Å². The Morgan fingerprint density at radius 1 is 1.28 bits per heavy atom. The van der Waals surface area contributed by atoms with Crippen LogP contribution >= 0.6 is 0 Å². The van der Waals surface area contributed by atoms with Gasteiger partial charge in [-0.05, 0) is 18.6 Å². The van der Waals surface area contributed by atoms with Crippen molar-refractivity contribution < 1.29 is 19.8 Å². The van der Waals surface area contributed by atoms with Crippen LogP contribution in [0.1, 0.15) is 30.6 Å². The molecule has 2 atom stereocenters. The Labute approximate surface area is 105 Å². The topological polar surface area (TPSA) is 68.9 Å². The van der Waals surface area contributed by atoms with Crippen LogP contribution in [0.4, 0.5) is 4.70 Å². The number of benzene rings is 1. The van der Waals surface area contributed by atoms with Gasteiger partial charge in [-0.2, -0.15) is 0 Å². The highest BCUT2D eigenvalue weighted by Gasteiger charge is 2.46. The van der Waals surface area contributed by atoms with Gasteiger partial charge in [-0.1, -0.05) is 32.0 Å². The van der Waals surface area contributed by atoms with Crippen molar-refractivity contribution in [3.05, 3.63) is 35.9 Å². The van der Waals surface area contributed by atoms with E-state index in [1.165, 1.54) is 4.90 Å². The summed E-state index contributed by atoms with van der Waals surface area (Å²) in [6.45, 7) is 3.88. The maximum Gasteiger partial charge on any atom is 0.260 e. The van der Waals surface area contributed by atoms with E-state index < -0.39 is 0 Å². The Bertz CT molecular complexity index is 422. The highest BCUT2D eigenvalue weighted by atomic mass is 19.0. The van der Waals surface area contributed by atoms with Gasteiger partial charge in [0.1, 0.15) is 0 Å². The van der Waals surface area contributed by atoms with E-state index >= 15 is 0 Å². The van der Waals surface area contributed by atoms with Crippen molar-refractivity contribution >= 4 is 11.8 Å². The molecule has 0 aliphatic carbocycles. The number of hydrogen-bond donors (Lipinski definition) is 0. The van der Waals surface area contributed by atoms with Crippen LogP contribution < -0.4 is 0 Å². The molecule has 2 N–H and O–H groups in total. The summed E-state index contributed by atoms with van der Waals surface area (Å²) in [5.74, 6) is -0.242. The van der Waals surface area contributed by atoms with Crippen LogP contribution in [0.5, 0.6) is 0 Å². The minimum atomic E-state index is -0.171. The number of carbonyl (C=O) groups is 2. The molecule has 1 aromatic rings. The summed E-state index contributed by atoms with van der Waals surface area (Å²) < 4.78 is 0. The molecule has 0 spiro atoms. The Hall–Kier alpha value is -1.75. The first-order valence-electron chi connectivity index (χ1n) is 5.59. The summed E-state index contributed by atoms with van der Waals surface area (Å²) in [6, 6.07) is 9.02. The van der Waals surface area contributed by atoms with Crippen LogP contribution in [0.2, 0.25) is 0 Å². The Morgan fingerprint density at radius 2 is 1.83 bits per heavy atom. The van der Waals surface area contributed by atoms with Crippen molar-refractivity contribution in [3.63, 3.8) is 0 Å². The average Bonchev–Trinajstić information content (AvgIpc) is 2.34. The molecule has 4 nitrogen and oxygen atoms in total. The van der Waals surface area contributed by atoms with Gasteiger partial charge in [-0.15, -0.1) is 0 Å². The molecule has 0 aromatic heterocycles. The first-order valence-corrected chi connectivity index (χ1v) is 5.59. The third-order valence-electron chi connectivity index (χ3n) is 3.19. The molecule has 18 heavy (non-hydrogen) atoms. The lowest BCUT2D eigenvalue weighted by Crippen LogP contribution is -2.61. The largest absolute Gasteiger partial charge is 0.412 e. The van der Waals surface area contributed by atoms with E-state index in [4.69, 9.17) is 0 Å². The molecule has 2 amide bonds. The quantitative estimate of drug-likeness (QED) is 0.592. The fourth-order valence-corrected chi connectivity index (χ4v) is 2.20. The van der Waals surface area contributed by atoms with E-state index in [-0.39, 0.29) is 34.0 Å². The molecule has 0 bridgehead atoms. The van der Waals surface area contributed by atoms with Gasteiger partial charge >= 0.3 is 0 Å². The summed E-state index contributed by atoms with van der Waals surface area (Å²) in [5.41, 5.74) is 0.584. The zero-order valence-electron chi connectivity index (χ0n) is 10.4. The standard InChI is InChI=1S/C13H15NO2.FH.H2O/c1-3-11-9(2)12(15)14(11)13(16)10-7-5-4-6-8-10;;/h4-9,11H,3H2,1-2H3;1H;1H2/t9-,11-;;/m0../s1. The molecule has 2 rings (SSSR count). The minimum Gasteiger partial charge on any atom is -0.412 e. The number of β-lactam (4-membered cyclic amide) rings is 1. The number of rotatable bonds is 2. The predicted molar refractivity (Wildman–Crippen MR) is 67.0 cm³/mol. The SMILES string of the molecule is CC[C@H]1[C@H](C)C(=O)N1C(=O)c1ccccc1.F.O. The summed E-state index contributed by atoms with van der Waals surface area (Å²) in [4.78, 5) is 25.1. The molecule has 100 valence electrons. The predicted octanol–water partition coefficient (Wildman–Crippen LogP) is 1.41. The van der Waals surface area contributed by atoms with Gasteiger partial charge in [0.2, 0.25) is 5.91 Å². The van der Waals surface area contributed by atoms with Gasteiger partial charge in [0.05, 0.1) is 12.0 Å². The van der Waals surface area contributed by atoms with E-state index in [9.17, 15) is 9.59 Å². The Kier molecular flexibility index (Phi) is 5.65. The number of amides is 2. The van der Waals surface area contributed by atoms with Gasteiger partial charge in [-0.3, -0.25) is 19.2 Å². The molecule has 1 heterocycles. The van der Waals surface area contributed by atoms with Gasteiger partial charge in [0.25, 0.3) is 5.91 Å². The third kappa shape index (κ3) is 2.41. The molecule has 1 saturated heterocycles.